The maximum Gasteiger partial charge on any atom is 0.344 e. The molecule has 0 saturated carbocycles. The van der Waals surface area contributed by atoms with Gasteiger partial charge in [-0.05, 0) is 30.7 Å². The van der Waals surface area contributed by atoms with E-state index in [9.17, 15) is 9.59 Å². The molecule has 2 unspecified atom stereocenters. The largest absolute Gasteiger partial charge is 0.479 e. The van der Waals surface area contributed by atoms with Crippen LogP contribution in [0.4, 0.5) is 0 Å². The van der Waals surface area contributed by atoms with E-state index in [1.165, 1.54) is 6.92 Å². The highest BCUT2D eigenvalue weighted by Gasteiger charge is 2.28. The molecule has 2 aromatic rings. The lowest BCUT2D eigenvalue weighted by Crippen LogP contribution is -2.26. The van der Waals surface area contributed by atoms with Gasteiger partial charge in [-0.1, -0.05) is 46.3 Å². The number of rotatable bonds is 7. The molecule has 1 N–H and O–H groups in total. The van der Waals surface area contributed by atoms with Crippen LogP contribution in [0.15, 0.2) is 58.1 Å². The van der Waals surface area contributed by atoms with Crippen molar-refractivity contribution in [3.8, 4) is 5.75 Å². The van der Waals surface area contributed by atoms with Gasteiger partial charge in [0.1, 0.15) is 5.75 Å². The summed E-state index contributed by atoms with van der Waals surface area (Å²) in [5.41, 5.74) is 1.46. The molecule has 3 rings (SSSR count). The van der Waals surface area contributed by atoms with Crippen LogP contribution in [0.2, 0.25) is 0 Å². The summed E-state index contributed by atoms with van der Waals surface area (Å²) in [5, 5.41) is 15.3. The molecule has 27 heavy (non-hydrogen) atoms. The Morgan fingerprint density at radius 3 is 2.74 bits per heavy atom. The summed E-state index contributed by atoms with van der Waals surface area (Å²) < 4.78 is 6.19. The highest BCUT2D eigenvalue weighted by atomic mass is 79.9. The van der Waals surface area contributed by atoms with Crippen molar-refractivity contribution in [2.75, 3.05) is 6.54 Å². The zero-order valence-electron chi connectivity index (χ0n) is 14.7. The van der Waals surface area contributed by atoms with Gasteiger partial charge < -0.3 is 9.84 Å². The number of aliphatic carboxylic acids is 1. The quantitative estimate of drug-likeness (QED) is 0.678. The van der Waals surface area contributed by atoms with Gasteiger partial charge in [0.05, 0.1) is 24.6 Å². The minimum absolute atomic E-state index is 0.150. The van der Waals surface area contributed by atoms with E-state index in [0.717, 1.165) is 10.0 Å². The third-order valence-electron chi connectivity index (χ3n) is 4.22. The topological polar surface area (TPSA) is 79.2 Å². The van der Waals surface area contributed by atoms with E-state index in [1.807, 2.05) is 35.3 Å². The van der Waals surface area contributed by atoms with Crippen molar-refractivity contribution in [2.45, 2.75) is 19.6 Å². The van der Waals surface area contributed by atoms with E-state index >= 15 is 0 Å². The van der Waals surface area contributed by atoms with Gasteiger partial charge in [0, 0.05) is 10.7 Å². The van der Waals surface area contributed by atoms with Crippen LogP contribution >= 0.6 is 15.9 Å². The first-order valence-corrected chi connectivity index (χ1v) is 9.29. The fraction of sp³-hybridized carbons (Fsp3) is 0.250. The first kappa shape index (κ1) is 19.1. The molecule has 0 amide bonds. The number of carbonyl (C=O) groups excluding carboxylic acids is 1. The highest BCUT2D eigenvalue weighted by molar-refractivity contribution is 9.10. The van der Waals surface area contributed by atoms with Gasteiger partial charge in [-0.25, -0.2) is 4.79 Å². The van der Waals surface area contributed by atoms with E-state index in [4.69, 9.17) is 9.84 Å². The molecule has 1 heterocycles. The second-order valence-corrected chi connectivity index (χ2v) is 7.22. The smallest absolute Gasteiger partial charge is 0.344 e. The van der Waals surface area contributed by atoms with Gasteiger partial charge in [0.15, 0.2) is 11.9 Å². The average Bonchev–Trinajstić information content (AvgIpc) is 3.11. The molecule has 1 aliphatic heterocycles. The first-order chi connectivity index (χ1) is 12.9. The van der Waals surface area contributed by atoms with Crippen LogP contribution in [0.25, 0.3) is 0 Å². The fourth-order valence-electron chi connectivity index (χ4n) is 2.78. The monoisotopic (exact) mass is 430 g/mol. The number of carbonyl (C=O) groups is 2. The lowest BCUT2D eigenvalue weighted by molar-refractivity contribution is -0.144. The summed E-state index contributed by atoms with van der Waals surface area (Å²) in [6.07, 6.45) is 0.584. The van der Waals surface area contributed by atoms with Crippen molar-refractivity contribution < 1.29 is 19.4 Å². The van der Waals surface area contributed by atoms with Crippen LogP contribution < -0.4 is 4.74 Å². The van der Waals surface area contributed by atoms with Crippen molar-refractivity contribution in [3.05, 3.63) is 64.1 Å². The van der Waals surface area contributed by atoms with Gasteiger partial charge in [-0.15, -0.1) is 0 Å². The molecule has 0 radical (unpaired) electrons. The molecule has 7 heteroatoms. The number of benzene rings is 2. The minimum atomic E-state index is -1.09. The Kier molecular flexibility index (Phi) is 5.91. The molecule has 0 bridgehead atoms. The second kappa shape index (κ2) is 8.35. The number of hydrogen-bond acceptors (Lipinski definition) is 5. The van der Waals surface area contributed by atoms with Gasteiger partial charge in [-0.3, -0.25) is 9.80 Å². The van der Waals surface area contributed by atoms with Gasteiger partial charge in [0.25, 0.3) is 0 Å². The van der Waals surface area contributed by atoms with Gasteiger partial charge in [-0.2, -0.15) is 5.10 Å². The molecular weight excluding hydrogens is 412 g/mol. The highest BCUT2D eigenvalue weighted by Crippen LogP contribution is 2.28. The summed E-state index contributed by atoms with van der Waals surface area (Å²) in [7, 11) is 0. The van der Waals surface area contributed by atoms with E-state index in [-0.39, 0.29) is 11.5 Å². The van der Waals surface area contributed by atoms with E-state index in [0.29, 0.717) is 18.7 Å². The number of nitrogens with zero attached hydrogens (tertiary/aromatic N) is 2. The zero-order chi connectivity index (χ0) is 19.4. The molecule has 0 saturated heterocycles. The number of halogens is 1. The van der Waals surface area contributed by atoms with Crippen LogP contribution in [0.5, 0.6) is 5.75 Å². The van der Waals surface area contributed by atoms with Crippen LogP contribution in [0.1, 0.15) is 22.8 Å². The molecule has 0 aromatic heterocycles. The van der Waals surface area contributed by atoms with Gasteiger partial charge in [0.2, 0.25) is 0 Å². The summed E-state index contributed by atoms with van der Waals surface area (Å²) >= 11 is 3.36. The predicted molar refractivity (Wildman–Crippen MR) is 105 cm³/mol. The number of hydrazone groups is 1. The van der Waals surface area contributed by atoms with Crippen molar-refractivity contribution in [2.24, 2.45) is 11.0 Å². The lowest BCUT2D eigenvalue weighted by atomic mass is 9.98. The third-order valence-corrected chi connectivity index (χ3v) is 4.71. The number of carboxylic acid groups (broad SMARTS) is 1. The standard InChI is InChI=1S/C20H19BrN2O4/c1-13(20(25)26)27-18-8-7-16(21)9-17(18)19(24)15-10-22-23(12-15)11-14-5-3-2-4-6-14/h2-10,13,15H,11-12H2,1H3,(H,25,26). The molecular formula is C20H19BrN2O4. The Bertz CT molecular complexity index is 870. The maximum absolute atomic E-state index is 13.0. The van der Waals surface area contributed by atoms with E-state index in [1.54, 1.807) is 24.4 Å². The lowest BCUT2D eigenvalue weighted by Gasteiger charge is -2.18. The minimum Gasteiger partial charge on any atom is -0.479 e. The first-order valence-electron chi connectivity index (χ1n) is 8.50. The Labute approximate surface area is 165 Å². The second-order valence-electron chi connectivity index (χ2n) is 6.31. The molecule has 0 fully saturated rings. The normalized spacial score (nSPS) is 17.0. The zero-order valence-corrected chi connectivity index (χ0v) is 16.3. The molecule has 0 spiro atoms. The molecule has 1 aliphatic rings. The fourth-order valence-corrected chi connectivity index (χ4v) is 3.15. The number of carboxylic acids is 1. The van der Waals surface area contributed by atoms with Crippen LogP contribution in [0, 0.1) is 5.92 Å². The molecule has 2 atom stereocenters. The summed E-state index contributed by atoms with van der Waals surface area (Å²) in [4.78, 5) is 24.1. The average molecular weight is 431 g/mol. The summed E-state index contributed by atoms with van der Waals surface area (Å²) in [5.74, 6) is -1.39. The maximum atomic E-state index is 13.0. The predicted octanol–water partition coefficient (Wildman–Crippen LogP) is 3.60. The number of ether oxygens (including phenoxy) is 1. The van der Waals surface area contributed by atoms with E-state index in [2.05, 4.69) is 21.0 Å². The number of hydrogen-bond donors (Lipinski definition) is 1. The number of Topliss-reactive ketones (excluding diaryl/α,β-unsaturated/α-hetero) is 1. The van der Waals surface area contributed by atoms with Gasteiger partial charge >= 0.3 is 5.97 Å². The Balaban J connectivity index is 1.73. The Hall–Kier alpha value is -2.67. The number of ketones is 1. The Morgan fingerprint density at radius 1 is 1.30 bits per heavy atom. The van der Waals surface area contributed by atoms with Crippen molar-refractivity contribution in [3.63, 3.8) is 0 Å². The van der Waals surface area contributed by atoms with Crippen molar-refractivity contribution >= 4 is 33.9 Å². The summed E-state index contributed by atoms with van der Waals surface area (Å²) in [6.45, 7) is 2.52. The molecule has 140 valence electrons. The molecule has 2 aromatic carbocycles. The molecule has 0 aliphatic carbocycles. The van der Waals surface area contributed by atoms with Crippen LogP contribution in [-0.2, 0) is 11.3 Å². The van der Waals surface area contributed by atoms with Crippen LogP contribution in [0.3, 0.4) is 0 Å². The van der Waals surface area contributed by atoms with Crippen molar-refractivity contribution in [1.82, 2.24) is 5.01 Å². The van der Waals surface area contributed by atoms with Crippen molar-refractivity contribution in [1.29, 1.82) is 0 Å². The molecule has 6 nitrogen and oxygen atoms in total. The van der Waals surface area contributed by atoms with Crippen LogP contribution in [-0.4, -0.2) is 40.7 Å². The SMILES string of the molecule is CC(Oc1ccc(Br)cc1C(=O)C1C=NN(Cc2ccccc2)C1)C(=O)O. The van der Waals surface area contributed by atoms with E-state index < -0.39 is 18.0 Å². The third kappa shape index (κ3) is 4.74. The summed E-state index contributed by atoms with van der Waals surface area (Å²) in [6, 6.07) is 14.9. The Morgan fingerprint density at radius 2 is 2.04 bits per heavy atom.